The average Bonchev–Trinajstić information content (AvgIpc) is 3.12. The van der Waals surface area contributed by atoms with Crippen LogP contribution < -0.4 is 10.6 Å². The normalized spacial score (nSPS) is 10.6. The van der Waals surface area contributed by atoms with Crippen molar-refractivity contribution in [1.82, 2.24) is 10.2 Å². The van der Waals surface area contributed by atoms with Gasteiger partial charge >= 0.3 is 0 Å². The summed E-state index contributed by atoms with van der Waals surface area (Å²) in [6, 6.07) is 10.2. The van der Waals surface area contributed by atoms with Crippen molar-refractivity contribution in [2.24, 2.45) is 0 Å². The highest BCUT2D eigenvalue weighted by atomic mass is 35.5. The molecule has 0 aliphatic carbocycles. The number of benzene rings is 2. The summed E-state index contributed by atoms with van der Waals surface area (Å²) in [6.45, 7) is 3.62. The lowest BCUT2D eigenvalue weighted by Crippen LogP contribution is -2.16. The molecule has 8 nitrogen and oxygen atoms in total. The minimum atomic E-state index is -0.518. The zero-order valence-corrected chi connectivity index (χ0v) is 17.8. The molecule has 2 aromatic carbocycles. The number of nitro benzene ring substituents is 1. The molecule has 150 valence electrons. The Bertz CT molecular complexity index is 1070. The van der Waals surface area contributed by atoms with E-state index in [1.165, 1.54) is 29.2 Å². The van der Waals surface area contributed by atoms with Crippen LogP contribution in [0.25, 0.3) is 0 Å². The lowest BCUT2D eigenvalue weighted by molar-refractivity contribution is -0.384. The van der Waals surface area contributed by atoms with E-state index in [9.17, 15) is 14.9 Å². The topological polar surface area (TPSA) is 110 Å². The number of halogens is 1. The van der Waals surface area contributed by atoms with E-state index < -0.39 is 4.92 Å². The van der Waals surface area contributed by atoms with Crippen LogP contribution in [0.3, 0.4) is 0 Å². The van der Waals surface area contributed by atoms with Crippen LogP contribution in [-0.4, -0.2) is 26.8 Å². The molecule has 2 N–H and O–H groups in total. The Morgan fingerprint density at radius 1 is 1.24 bits per heavy atom. The van der Waals surface area contributed by atoms with E-state index in [0.717, 1.165) is 11.3 Å². The Hall–Kier alpha value is -2.69. The smallest absolute Gasteiger partial charge is 0.293 e. The fourth-order valence-electron chi connectivity index (χ4n) is 2.38. The van der Waals surface area contributed by atoms with Crippen LogP contribution in [0.1, 0.15) is 11.1 Å². The van der Waals surface area contributed by atoms with E-state index in [1.807, 2.05) is 19.1 Å². The number of nitro groups is 1. The summed E-state index contributed by atoms with van der Waals surface area (Å²) < 4.78 is 0.597. The van der Waals surface area contributed by atoms with Crippen molar-refractivity contribution >= 4 is 62.8 Å². The van der Waals surface area contributed by atoms with Gasteiger partial charge in [0.2, 0.25) is 11.0 Å². The lowest BCUT2D eigenvalue weighted by atomic mass is 10.1. The third-order valence-corrected chi connectivity index (χ3v) is 6.25. The van der Waals surface area contributed by atoms with Crippen molar-refractivity contribution in [2.75, 3.05) is 16.4 Å². The summed E-state index contributed by atoms with van der Waals surface area (Å²) in [5.41, 5.74) is 2.46. The Morgan fingerprint density at radius 3 is 2.76 bits per heavy atom. The van der Waals surface area contributed by atoms with Crippen molar-refractivity contribution in [3.05, 3.63) is 62.7 Å². The van der Waals surface area contributed by atoms with Gasteiger partial charge in [0.05, 0.1) is 10.7 Å². The second-order valence-electron chi connectivity index (χ2n) is 6.03. The molecule has 0 radical (unpaired) electrons. The predicted molar refractivity (Wildman–Crippen MR) is 117 cm³/mol. The summed E-state index contributed by atoms with van der Waals surface area (Å²) in [7, 11) is 0. The molecule has 0 fully saturated rings. The standard InChI is InChI=1S/C18H16ClN5O3S2/c1-10-6-7-12(8-13(10)19)20-17-22-23-18(29-17)28-9-15(25)21-16-11(2)4-3-5-14(16)24(26)27/h3-8H,9H2,1-2H3,(H,20,22)(H,21,25). The third kappa shape index (κ3) is 5.43. The summed E-state index contributed by atoms with van der Waals surface area (Å²) in [4.78, 5) is 22.9. The van der Waals surface area contributed by atoms with E-state index in [4.69, 9.17) is 11.6 Å². The first-order chi connectivity index (χ1) is 13.8. The number of carbonyl (C=O) groups is 1. The Labute approximate surface area is 179 Å². The molecule has 1 amide bonds. The van der Waals surface area contributed by atoms with Crippen LogP contribution in [0.5, 0.6) is 0 Å². The molecule has 3 rings (SSSR count). The molecule has 0 atom stereocenters. The number of thioether (sulfide) groups is 1. The molecule has 1 heterocycles. The zero-order chi connectivity index (χ0) is 21.0. The van der Waals surface area contributed by atoms with Crippen LogP contribution >= 0.6 is 34.7 Å². The SMILES string of the molecule is Cc1ccc(Nc2nnc(SCC(=O)Nc3c(C)cccc3[N+](=O)[O-])s2)cc1Cl. The number of nitrogens with one attached hydrogen (secondary N) is 2. The second-order valence-corrected chi connectivity index (χ2v) is 8.63. The van der Waals surface area contributed by atoms with Crippen LogP contribution in [0.2, 0.25) is 5.02 Å². The maximum absolute atomic E-state index is 12.3. The highest BCUT2D eigenvalue weighted by molar-refractivity contribution is 8.01. The average molecular weight is 450 g/mol. The first-order valence-electron chi connectivity index (χ1n) is 8.37. The van der Waals surface area contributed by atoms with Crippen molar-refractivity contribution in [3.63, 3.8) is 0 Å². The number of rotatable bonds is 7. The zero-order valence-electron chi connectivity index (χ0n) is 15.4. The Morgan fingerprint density at radius 2 is 2.03 bits per heavy atom. The molecule has 1 aromatic heterocycles. The van der Waals surface area contributed by atoms with Gasteiger partial charge in [-0.1, -0.05) is 52.9 Å². The van der Waals surface area contributed by atoms with E-state index in [2.05, 4.69) is 20.8 Å². The maximum atomic E-state index is 12.3. The Kier molecular flexibility index (Phi) is 6.68. The largest absolute Gasteiger partial charge is 0.330 e. The molecule has 29 heavy (non-hydrogen) atoms. The molecule has 0 aliphatic heterocycles. The highest BCUT2D eigenvalue weighted by Crippen LogP contribution is 2.30. The molecule has 0 spiro atoms. The lowest BCUT2D eigenvalue weighted by Gasteiger charge is -2.08. The number of hydrogen-bond donors (Lipinski definition) is 2. The van der Waals surface area contributed by atoms with E-state index in [1.54, 1.807) is 25.1 Å². The highest BCUT2D eigenvalue weighted by Gasteiger charge is 2.18. The minimum absolute atomic E-state index is 0.0521. The monoisotopic (exact) mass is 449 g/mol. The van der Waals surface area contributed by atoms with Crippen molar-refractivity contribution in [3.8, 4) is 0 Å². The van der Waals surface area contributed by atoms with Crippen LogP contribution in [0, 0.1) is 24.0 Å². The van der Waals surface area contributed by atoms with Gasteiger partial charge in [0.1, 0.15) is 5.69 Å². The number of carbonyl (C=O) groups excluding carboxylic acids is 1. The summed E-state index contributed by atoms with van der Waals surface area (Å²) >= 11 is 8.61. The molecule has 0 unspecified atom stereocenters. The number of para-hydroxylation sites is 1. The number of amides is 1. The summed E-state index contributed by atoms with van der Waals surface area (Å²) in [5.74, 6) is -0.307. The van der Waals surface area contributed by atoms with Crippen molar-refractivity contribution in [2.45, 2.75) is 18.2 Å². The first kappa shape index (κ1) is 21.0. The van der Waals surface area contributed by atoms with Gasteiger partial charge in [-0.2, -0.15) is 0 Å². The second kappa shape index (κ2) is 9.21. The molecule has 0 aliphatic rings. The molecular weight excluding hydrogens is 434 g/mol. The molecular formula is C18H16ClN5O3S2. The quantitative estimate of drug-likeness (QED) is 0.290. The number of anilines is 3. The minimum Gasteiger partial charge on any atom is -0.330 e. The number of aromatic nitrogens is 2. The number of nitrogens with zero attached hydrogens (tertiary/aromatic N) is 3. The Balaban J connectivity index is 1.59. The fourth-order valence-corrected chi connectivity index (χ4v) is 4.14. The van der Waals surface area contributed by atoms with Gasteiger partial charge in [0.15, 0.2) is 4.34 Å². The summed E-state index contributed by atoms with van der Waals surface area (Å²) in [6.07, 6.45) is 0. The first-order valence-corrected chi connectivity index (χ1v) is 10.5. The molecule has 11 heteroatoms. The van der Waals surface area contributed by atoms with Gasteiger partial charge in [0, 0.05) is 16.8 Å². The van der Waals surface area contributed by atoms with Gasteiger partial charge in [-0.05, 0) is 37.1 Å². The van der Waals surface area contributed by atoms with E-state index in [-0.39, 0.29) is 23.0 Å². The van der Waals surface area contributed by atoms with Gasteiger partial charge in [-0.3, -0.25) is 14.9 Å². The molecule has 0 bridgehead atoms. The predicted octanol–water partition coefficient (Wildman–Crippen LogP) is 5.19. The summed E-state index contributed by atoms with van der Waals surface area (Å²) in [5, 5.41) is 26.2. The molecule has 0 saturated heterocycles. The van der Waals surface area contributed by atoms with E-state index >= 15 is 0 Å². The van der Waals surface area contributed by atoms with Crippen LogP contribution in [-0.2, 0) is 4.79 Å². The van der Waals surface area contributed by atoms with Gasteiger partial charge in [-0.15, -0.1) is 10.2 Å². The fraction of sp³-hybridized carbons (Fsp3) is 0.167. The molecule has 3 aromatic rings. The number of aryl methyl sites for hydroxylation is 2. The number of hydrogen-bond acceptors (Lipinski definition) is 8. The van der Waals surface area contributed by atoms with Crippen LogP contribution in [0.4, 0.5) is 22.2 Å². The maximum Gasteiger partial charge on any atom is 0.293 e. The van der Waals surface area contributed by atoms with E-state index in [0.29, 0.717) is 20.1 Å². The van der Waals surface area contributed by atoms with Gasteiger partial charge in [0.25, 0.3) is 5.69 Å². The van der Waals surface area contributed by atoms with Crippen molar-refractivity contribution in [1.29, 1.82) is 0 Å². The van der Waals surface area contributed by atoms with Gasteiger partial charge < -0.3 is 10.6 Å². The third-order valence-electron chi connectivity index (χ3n) is 3.87. The van der Waals surface area contributed by atoms with Crippen LogP contribution in [0.15, 0.2) is 40.7 Å². The molecule has 0 saturated carbocycles. The van der Waals surface area contributed by atoms with Gasteiger partial charge in [-0.25, -0.2) is 0 Å². The van der Waals surface area contributed by atoms with Crippen molar-refractivity contribution < 1.29 is 9.72 Å².